The fourth-order valence-electron chi connectivity index (χ4n) is 2.63. The Kier molecular flexibility index (Phi) is 2.54. The Morgan fingerprint density at radius 3 is 2.83 bits per heavy atom. The molecular formula is C13H13N2O3. The molecule has 0 aromatic carbocycles. The Bertz CT molecular complexity index is 504. The van der Waals surface area contributed by atoms with Crippen molar-refractivity contribution in [3.05, 3.63) is 29.7 Å². The number of amides is 3. The van der Waals surface area contributed by atoms with Crippen LogP contribution in [0.4, 0.5) is 0 Å². The van der Waals surface area contributed by atoms with Crippen LogP contribution < -0.4 is 5.32 Å². The van der Waals surface area contributed by atoms with E-state index in [1.165, 1.54) is 0 Å². The van der Waals surface area contributed by atoms with Crippen LogP contribution in [0, 0.1) is 6.42 Å². The standard InChI is InChI=1S/C13H13N2O3/c16-11-6-5-10(12(17)14-11)15-7-8-3-1-2-4-9(8)13(15)18/h1-3,10H,4-7H2,(H,14,16,17). The number of carbonyl (C=O) groups excluding carboxylic acids is 3. The molecule has 1 unspecified atom stereocenters. The first-order valence-corrected chi connectivity index (χ1v) is 6.03. The lowest BCUT2D eigenvalue weighted by Gasteiger charge is -2.29. The molecule has 0 bridgehead atoms. The Morgan fingerprint density at radius 1 is 1.28 bits per heavy atom. The molecule has 3 aliphatic rings. The number of hydrogen-bond donors (Lipinski definition) is 1. The van der Waals surface area contributed by atoms with Gasteiger partial charge in [-0.1, -0.05) is 12.2 Å². The summed E-state index contributed by atoms with van der Waals surface area (Å²) in [5.74, 6) is -0.679. The zero-order chi connectivity index (χ0) is 12.7. The van der Waals surface area contributed by atoms with Crippen LogP contribution in [0.3, 0.4) is 0 Å². The van der Waals surface area contributed by atoms with Gasteiger partial charge < -0.3 is 4.90 Å². The largest absolute Gasteiger partial charge is 0.323 e. The number of hydrogen-bond acceptors (Lipinski definition) is 3. The van der Waals surface area contributed by atoms with E-state index in [-0.39, 0.29) is 17.7 Å². The zero-order valence-corrected chi connectivity index (χ0v) is 9.81. The van der Waals surface area contributed by atoms with E-state index in [9.17, 15) is 14.4 Å². The Morgan fingerprint density at radius 2 is 2.11 bits per heavy atom. The van der Waals surface area contributed by atoms with Gasteiger partial charge in [-0.15, -0.1) is 0 Å². The van der Waals surface area contributed by atoms with E-state index < -0.39 is 6.04 Å². The summed E-state index contributed by atoms with van der Waals surface area (Å²) < 4.78 is 0. The van der Waals surface area contributed by atoms with Crippen molar-refractivity contribution in [3.8, 4) is 0 Å². The number of imide groups is 1. The van der Waals surface area contributed by atoms with Gasteiger partial charge in [-0.05, 0) is 18.4 Å². The highest BCUT2D eigenvalue weighted by Gasteiger charge is 2.39. The Hall–Kier alpha value is -1.91. The molecule has 93 valence electrons. The predicted molar refractivity (Wildman–Crippen MR) is 63.0 cm³/mol. The first kappa shape index (κ1) is 11.2. The van der Waals surface area contributed by atoms with Crippen molar-refractivity contribution in [3.63, 3.8) is 0 Å². The van der Waals surface area contributed by atoms with Gasteiger partial charge in [0.05, 0.1) is 0 Å². The van der Waals surface area contributed by atoms with Gasteiger partial charge in [-0.25, -0.2) is 0 Å². The average molecular weight is 245 g/mol. The van der Waals surface area contributed by atoms with Crippen molar-refractivity contribution in [2.24, 2.45) is 0 Å². The Labute approximate surface area is 105 Å². The molecule has 5 heteroatoms. The monoisotopic (exact) mass is 245 g/mol. The minimum atomic E-state index is -0.505. The maximum absolute atomic E-state index is 12.2. The van der Waals surface area contributed by atoms with E-state index >= 15 is 0 Å². The van der Waals surface area contributed by atoms with Gasteiger partial charge in [0.1, 0.15) is 6.04 Å². The highest BCUT2D eigenvalue weighted by atomic mass is 16.2. The van der Waals surface area contributed by atoms with Crippen LogP contribution in [0.15, 0.2) is 23.3 Å². The summed E-state index contributed by atoms with van der Waals surface area (Å²) in [6.07, 6.45) is 7.14. The third kappa shape index (κ3) is 1.66. The SMILES string of the molecule is O=C1CCC(N2CC3=C(CC=C[CH]3)C2=O)C(=O)N1. The van der Waals surface area contributed by atoms with Crippen molar-refractivity contribution in [2.75, 3.05) is 6.54 Å². The smallest absolute Gasteiger partial charge is 0.251 e. The first-order valence-electron chi connectivity index (χ1n) is 6.03. The van der Waals surface area contributed by atoms with E-state index in [4.69, 9.17) is 0 Å². The van der Waals surface area contributed by atoms with Crippen molar-refractivity contribution in [1.82, 2.24) is 10.2 Å². The van der Waals surface area contributed by atoms with Gasteiger partial charge in [0.15, 0.2) is 0 Å². The van der Waals surface area contributed by atoms with E-state index in [0.717, 1.165) is 11.1 Å². The number of rotatable bonds is 1. The van der Waals surface area contributed by atoms with Gasteiger partial charge in [-0.3, -0.25) is 19.7 Å². The molecule has 0 aromatic heterocycles. The number of nitrogens with zero attached hydrogens (tertiary/aromatic N) is 1. The summed E-state index contributed by atoms with van der Waals surface area (Å²) in [6.45, 7) is 0.477. The van der Waals surface area contributed by atoms with Gasteiger partial charge >= 0.3 is 0 Å². The third-order valence-corrected chi connectivity index (χ3v) is 3.59. The van der Waals surface area contributed by atoms with Crippen LogP contribution >= 0.6 is 0 Å². The van der Waals surface area contributed by atoms with Gasteiger partial charge in [0.2, 0.25) is 11.8 Å². The second-order valence-corrected chi connectivity index (χ2v) is 4.70. The van der Waals surface area contributed by atoms with Crippen molar-refractivity contribution in [2.45, 2.75) is 25.3 Å². The molecular weight excluding hydrogens is 232 g/mol. The van der Waals surface area contributed by atoms with Crippen LogP contribution in [-0.4, -0.2) is 35.2 Å². The van der Waals surface area contributed by atoms with Crippen molar-refractivity contribution in [1.29, 1.82) is 0 Å². The Balaban J connectivity index is 1.78. The normalized spacial score (nSPS) is 27.7. The lowest BCUT2D eigenvalue weighted by atomic mass is 10.00. The van der Waals surface area contributed by atoms with Gasteiger partial charge in [0.25, 0.3) is 5.91 Å². The third-order valence-electron chi connectivity index (χ3n) is 3.59. The molecule has 3 amide bonds. The number of piperidine rings is 1. The molecule has 1 N–H and O–H groups in total. The molecule has 3 rings (SSSR count). The molecule has 5 nitrogen and oxygen atoms in total. The van der Waals surface area contributed by atoms with E-state index in [1.54, 1.807) is 4.90 Å². The lowest BCUT2D eigenvalue weighted by molar-refractivity contribution is -0.142. The molecule has 1 saturated heterocycles. The molecule has 0 spiro atoms. The first-order chi connectivity index (χ1) is 8.66. The predicted octanol–water partition coefficient (Wildman–Crippen LogP) is 0.0946. The molecule has 1 atom stereocenters. The topological polar surface area (TPSA) is 66.5 Å². The summed E-state index contributed by atoms with van der Waals surface area (Å²) in [5, 5.41) is 2.29. The molecule has 1 aliphatic carbocycles. The number of allylic oxidation sites excluding steroid dienone is 2. The fraction of sp³-hybridized carbons (Fsp3) is 0.385. The minimum Gasteiger partial charge on any atom is -0.323 e. The lowest BCUT2D eigenvalue weighted by Crippen LogP contribution is -2.53. The summed E-state index contributed by atoms with van der Waals surface area (Å²) in [5.41, 5.74) is 1.77. The van der Waals surface area contributed by atoms with E-state index in [2.05, 4.69) is 5.32 Å². The molecule has 2 heterocycles. The molecule has 2 aliphatic heterocycles. The maximum Gasteiger partial charge on any atom is 0.251 e. The van der Waals surface area contributed by atoms with Gasteiger partial charge in [0, 0.05) is 25.0 Å². The quantitative estimate of drug-likeness (QED) is 0.666. The number of carbonyl (C=O) groups is 3. The summed E-state index contributed by atoms with van der Waals surface area (Å²) in [7, 11) is 0. The van der Waals surface area contributed by atoms with Crippen molar-refractivity contribution < 1.29 is 14.4 Å². The molecule has 18 heavy (non-hydrogen) atoms. The second-order valence-electron chi connectivity index (χ2n) is 4.70. The van der Waals surface area contributed by atoms with Crippen LogP contribution in [-0.2, 0) is 14.4 Å². The number of nitrogens with one attached hydrogen (secondary N) is 1. The van der Waals surface area contributed by atoms with Crippen molar-refractivity contribution >= 4 is 17.7 Å². The fourth-order valence-corrected chi connectivity index (χ4v) is 2.63. The van der Waals surface area contributed by atoms with Crippen LogP contribution in [0.2, 0.25) is 0 Å². The summed E-state index contributed by atoms with van der Waals surface area (Å²) in [6, 6.07) is -0.505. The summed E-state index contributed by atoms with van der Waals surface area (Å²) >= 11 is 0. The maximum atomic E-state index is 12.2. The van der Waals surface area contributed by atoms with Gasteiger partial charge in [-0.2, -0.15) is 0 Å². The molecule has 1 fully saturated rings. The molecule has 0 aromatic rings. The second kappa shape index (κ2) is 4.08. The van der Waals surface area contributed by atoms with E-state index in [1.807, 2.05) is 18.6 Å². The molecule has 1 radical (unpaired) electrons. The summed E-state index contributed by atoms with van der Waals surface area (Å²) in [4.78, 5) is 36.7. The highest BCUT2D eigenvalue weighted by molar-refractivity contribution is 6.05. The minimum absolute atomic E-state index is 0.0694. The zero-order valence-electron chi connectivity index (χ0n) is 9.81. The van der Waals surface area contributed by atoms with E-state index in [0.29, 0.717) is 25.8 Å². The van der Waals surface area contributed by atoms with Crippen LogP contribution in [0.25, 0.3) is 0 Å². The molecule has 0 saturated carbocycles. The highest BCUT2D eigenvalue weighted by Crippen LogP contribution is 2.30. The average Bonchev–Trinajstić information content (AvgIpc) is 2.68. The van der Waals surface area contributed by atoms with Crippen LogP contribution in [0.1, 0.15) is 19.3 Å². The van der Waals surface area contributed by atoms with Crippen LogP contribution in [0.5, 0.6) is 0 Å².